The Labute approximate surface area is 189 Å². The van der Waals surface area contributed by atoms with Gasteiger partial charge in [-0.15, -0.1) is 0 Å². The predicted octanol–water partition coefficient (Wildman–Crippen LogP) is 4.53. The van der Waals surface area contributed by atoms with Gasteiger partial charge in [0.05, 0.1) is 22.6 Å². The topological polar surface area (TPSA) is 102 Å². The highest BCUT2D eigenvalue weighted by Crippen LogP contribution is 2.29. The second-order valence-electron chi connectivity index (χ2n) is 7.53. The minimum absolute atomic E-state index is 0.00915. The SMILES string of the molecule is COc1ccccc1NS(=O)(=O)c1ccc(NS(=O)(=O)c2c(C)c(C)cc(C)c2C)cc1. The van der Waals surface area contributed by atoms with Crippen molar-refractivity contribution in [1.82, 2.24) is 0 Å². The number of anilines is 2. The maximum atomic E-state index is 13.1. The van der Waals surface area contributed by atoms with Crippen LogP contribution in [0.5, 0.6) is 5.75 Å². The maximum absolute atomic E-state index is 13.1. The molecule has 0 radical (unpaired) electrons. The summed E-state index contributed by atoms with van der Waals surface area (Å²) >= 11 is 0. The van der Waals surface area contributed by atoms with Crippen molar-refractivity contribution in [2.24, 2.45) is 0 Å². The summed E-state index contributed by atoms with van der Waals surface area (Å²) < 4.78 is 61.9. The summed E-state index contributed by atoms with van der Waals surface area (Å²) in [5.41, 5.74) is 3.70. The van der Waals surface area contributed by atoms with E-state index in [-0.39, 0.29) is 15.5 Å². The van der Waals surface area contributed by atoms with Crippen LogP contribution < -0.4 is 14.2 Å². The monoisotopic (exact) mass is 474 g/mol. The Balaban J connectivity index is 1.88. The summed E-state index contributed by atoms with van der Waals surface area (Å²) in [5.74, 6) is 0.389. The van der Waals surface area contributed by atoms with Crippen LogP contribution in [0.4, 0.5) is 11.4 Å². The number of hydrogen-bond donors (Lipinski definition) is 2. The molecule has 0 aromatic heterocycles. The lowest BCUT2D eigenvalue weighted by molar-refractivity contribution is 0.417. The zero-order valence-corrected chi connectivity index (χ0v) is 20.2. The average Bonchev–Trinajstić information content (AvgIpc) is 2.72. The van der Waals surface area contributed by atoms with Gasteiger partial charge in [0.15, 0.2) is 0 Å². The molecule has 0 amide bonds. The van der Waals surface area contributed by atoms with E-state index in [0.29, 0.717) is 22.6 Å². The zero-order chi connectivity index (χ0) is 23.7. The lowest BCUT2D eigenvalue weighted by Crippen LogP contribution is -2.17. The average molecular weight is 475 g/mol. The smallest absolute Gasteiger partial charge is 0.262 e. The standard InChI is InChI=1S/C23H26N2O5S2/c1-15-14-16(2)18(4)23(17(15)3)32(28,29)24-19-10-12-20(13-11-19)31(26,27)25-21-8-6-7-9-22(21)30-5/h6-14,24-25H,1-5H3. The first-order valence-corrected chi connectivity index (χ1v) is 12.8. The van der Waals surface area contributed by atoms with Gasteiger partial charge in [-0.25, -0.2) is 16.8 Å². The summed E-state index contributed by atoms with van der Waals surface area (Å²) in [4.78, 5) is 0.231. The third kappa shape index (κ3) is 4.73. The molecule has 0 saturated carbocycles. The maximum Gasteiger partial charge on any atom is 0.262 e. The van der Waals surface area contributed by atoms with Crippen LogP contribution in [-0.2, 0) is 20.0 Å². The van der Waals surface area contributed by atoms with Crippen LogP contribution in [-0.4, -0.2) is 23.9 Å². The van der Waals surface area contributed by atoms with Crippen LogP contribution in [0.1, 0.15) is 22.3 Å². The quantitative estimate of drug-likeness (QED) is 0.524. The Morgan fingerprint density at radius 2 is 1.28 bits per heavy atom. The van der Waals surface area contributed by atoms with E-state index in [1.807, 2.05) is 19.9 Å². The molecule has 0 spiro atoms. The van der Waals surface area contributed by atoms with Gasteiger partial charge < -0.3 is 4.74 Å². The molecule has 0 heterocycles. The van der Waals surface area contributed by atoms with E-state index in [1.165, 1.54) is 31.4 Å². The van der Waals surface area contributed by atoms with Gasteiger partial charge in [0.25, 0.3) is 20.0 Å². The van der Waals surface area contributed by atoms with Gasteiger partial charge in [0.2, 0.25) is 0 Å². The first kappa shape index (κ1) is 23.6. The van der Waals surface area contributed by atoms with Crippen molar-refractivity contribution in [3.05, 3.63) is 76.9 Å². The molecule has 0 atom stereocenters. The van der Waals surface area contributed by atoms with Gasteiger partial charge in [-0.1, -0.05) is 18.2 Å². The number of aryl methyl sites for hydroxylation is 2. The highest BCUT2D eigenvalue weighted by atomic mass is 32.2. The fourth-order valence-electron chi connectivity index (χ4n) is 3.42. The Morgan fingerprint density at radius 3 is 1.84 bits per heavy atom. The van der Waals surface area contributed by atoms with Crippen LogP contribution in [0.25, 0.3) is 0 Å². The molecule has 7 nitrogen and oxygen atoms in total. The number of benzene rings is 3. The molecule has 0 aliphatic heterocycles. The van der Waals surface area contributed by atoms with Gasteiger partial charge in [-0.3, -0.25) is 9.44 Å². The van der Waals surface area contributed by atoms with Gasteiger partial charge in [-0.2, -0.15) is 0 Å². The highest BCUT2D eigenvalue weighted by Gasteiger charge is 2.23. The minimum Gasteiger partial charge on any atom is -0.495 e. The van der Waals surface area contributed by atoms with E-state index >= 15 is 0 Å². The third-order valence-corrected chi connectivity index (χ3v) is 8.37. The number of para-hydroxylation sites is 2. The first-order chi connectivity index (χ1) is 15.0. The largest absolute Gasteiger partial charge is 0.495 e. The molecule has 0 aliphatic rings. The summed E-state index contributed by atoms with van der Waals surface area (Å²) in [6, 6.07) is 14.1. The van der Waals surface area contributed by atoms with Crippen molar-refractivity contribution in [1.29, 1.82) is 0 Å². The molecule has 0 bridgehead atoms. The Hall–Kier alpha value is -3.04. The van der Waals surface area contributed by atoms with Crippen molar-refractivity contribution in [2.45, 2.75) is 37.5 Å². The van der Waals surface area contributed by atoms with E-state index in [0.717, 1.165) is 11.1 Å². The number of hydrogen-bond acceptors (Lipinski definition) is 5. The summed E-state index contributed by atoms with van der Waals surface area (Å²) in [6.07, 6.45) is 0. The van der Waals surface area contributed by atoms with Gasteiger partial charge in [0.1, 0.15) is 5.75 Å². The predicted molar refractivity (Wildman–Crippen MR) is 126 cm³/mol. The fraction of sp³-hybridized carbons (Fsp3) is 0.217. The van der Waals surface area contributed by atoms with E-state index in [2.05, 4.69) is 9.44 Å². The number of sulfonamides is 2. The number of methoxy groups -OCH3 is 1. The lowest BCUT2D eigenvalue weighted by Gasteiger charge is -2.17. The van der Waals surface area contributed by atoms with Crippen molar-refractivity contribution in [2.75, 3.05) is 16.6 Å². The van der Waals surface area contributed by atoms with Crippen molar-refractivity contribution >= 4 is 31.4 Å². The summed E-state index contributed by atoms with van der Waals surface area (Å²) in [5, 5.41) is 0. The normalized spacial score (nSPS) is 11.8. The highest BCUT2D eigenvalue weighted by molar-refractivity contribution is 7.93. The molecule has 32 heavy (non-hydrogen) atoms. The van der Waals surface area contributed by atoms with Crippen molar-refractivity contribution in [3.63, 3.8) is 0 Å². The molecule has 9 heteroatoms. The second kappa shape index (κ2) is 8.84. The van der Waals surface area contributed by atoms with Crippen LogP contribution in [0, 0.1) is 27.7 Å². The van der Waals surface area contributed by atoms with Gasteiger partial charge in [0, 0.05) is 5.69 Å². The molecule has 3 aromatic carbocycles. The van der Waals surface area contributed by atoms with Gasteiger partial charge in [-0.05, 0) is 86.3 Å². The summed E-state index contributed by atoms with van der Waals surface area (Å²) in [6.45, 7) is 7.29. The Morgan fingerprint density at radius 1 is 0.719 bits per heavy atom. The van der Waals surface area contributed by atoms with Gasteiger partial charge >= 0.3 is 0 Å². The molecule has 3 aromatic rings. The van der Waals surface area contributed by atoms with Crippen LogP contribution in [0.3, 0.4) is 0 Å². The van der Waals surface area contributed by atoms with E-state index < -0.39 is 20.0 Å². The van der Waals surface area contributed by atoms with Crippen LogP contribution >= 0.6 is 0 Å². The molecule has 0 fully saturated rings. The second-order valence-corrected chi connectivity index (χ2v) is 10.8. The first-order valence-electron chi connectivity index (χ1n) is 9.82. The van der Waals surface area contributed by atoms with Crippen molar-refractivity contribution < 1.29 is 21.6 Å². The lowest BCUT2D eigenvalue weighted by atomic mass is 10.0. The minimum atomic E-state index is -3.89. The number of ether oxygens (including phenoxy) is 1. The molecule has 2 N–H and O–H groups in total. The molecule has 0 saturated heterocycles. The molecule has 3 rings (SSSR count). The fourth-order valence-corrected chi connectivity index (χ4v) is 6.17. The van der Waals surface area contributed by atoms with E-state index in [9.17, 15) is 16.8 Å². The number of nitrogens with one attached hydrogen (secondary N) is 2. The molecular weight excluding hydrogens is 448 g/mol. The third-order valence-electron chi connectivity index (χ3n) is 5.33. The van der Waals surface area contributed by atoms with E-state index in [4.69, 9.17) is 4.74 Å². The Kier molecular flexibility index (Phi) is 6.52. The number of rotatable bonds is 7. The summed E-state index contributed by atoms with van der Waals surface area (Å²) in [7, 11) is -6.30. The zero-order valence-electron chi connectivity index (χ0n) is 18.6. The van der Waals surface area contributed by atoms with Crippen LogP contribution in [0.15, 0.2) is 64.4 Å². The molecule has 0 unspecified atom stereocenters. The molecular formula is C23H26N2O5S2. The van der Waals surface area contributed by atoms with Crippen molar-refractivity contribution in [3.8, 4) is 5.75 Å². The molecule has 0 aliphatic carbocycles. The van der Waals surface area contributed by atoms with E-state index in [1.54, 1.807) is 38.1 Å². The van der Waals surface area contributed by atoms with Crippen LogP contribution in [0.2, 0.25) is 0 Å². The Bertz CT molecular complexity index is 1340. The molecule has 170 valence electrons.